The fraction of sp³-hybridized carbons (Fsp3) is 0.588. The molecule has 1 aromatic heterocycles. The van der Waals surface area contributed by atoms with E-state index < -0.39 is 0 Å². The first kappa shape index (κ1) is 16.1. The Balaban J connectivity index is 2.66. The van der Waals surface area contributed by atoms with Crippen LogP contribution in [0, 0.1) is 4.77 Å². The smallest absolute Gasteiger partial charge is 0.178 e. The van der Waals surface area contributed by atoms with Crippen LogP contribution in [-0.2, 0) is 5.54 Å². The number of benzene rings is 1. The lowest BCUT2D eigenvalue weighted by atomic mass is 9.89. The van der Waals surface area contributed by atoms with E-state index in [1.54, 1.807) is 0 Å². The lowest BCUT2D eigenvalue weighted by Gasteiger charge is -2.33. The second-order valence-electron chi connectivity index (χ2n) is 5.55. The SMILES string of the molecule is CCCOc1cccc2c1[nH]c(=S)n2C(CC)(CC)CC. The standard InChI is InChI=1S/C17H26N2OS/c1-5-12-20-14-11-9-10-13-15(14)18-16(21)19(13)17(6-2,7-3)8-4/h9-11H,5-8,12H2,1-4H3,(H,18,21). The zero-order valence-electron chi connectivity index (χ0n) is 13.5. The molecular formula is C17H26N2OS. The molecule has 0 saturated heterocycles. The van der Waals surface area contributed by atoms with Crippen molar-refractivity contribution in [2.24, 2.45) is 0 Å². The number of hydrogen-bond donors (Lipinski definition) is 1. The third-order valence-electron chi connectivity index (χ3n) is 4.59. The highest BCUT2D eigenvalue weighted by atomic mass is 32.1. The van der Waals surface area contributed by atoms with E-state index in [0.29, 0.717) is 0 Å². The van der Waals surface area contributed by atoms with Crippen LogP contribution in [0.4, 0.5) is 0 Å². The predicted octanol–water partition coefficient (Wildman–Crippen LogP) is 5.41. The molecule has 0 saturated carbocycles. The van der Waals surface area contributed by atoms with E-state index >= 15 is 0 Å². The highest BCUT2D eigenvalue weighted by molar-refractivity contribution is 7.71. The van der Waals surface area contributed by atoms with Gasteiger partial charge in [0.15, 0.2) is 4.77 Å². The average molecular weight is 306 g/mol. The van der Waals surface area contributed by atoms with Crippen molar-refractivity contribution in [1.29, 1.82) is 0 Å². The maximum absolute atomic E-state index is 5.86. The van der Waals surface area contributed by atoms with Gasteiger partial charge in [-0.25, -0.2) is 0 Å². The van der Waals surface area contributed by atoms with Crippen molar-refractivity contribution >= 4 is 23.3 Å². The molecule has 1 N–H and O–H groups in total. The number of fused-ring (bicyclic) bond motifs is 1. The number of nitrogens with one attached hydrogen (secondary N) is 1. The van der Waals surface area contributed by atoms with Gasteiger partial charge in [0.2, 0.25) is 0 Å². The minimum Gasteiger partial charge on any atom is -0.491 e. The summed E-state index contributed by atoms with van der Waals surface area (Å²) in [5.74, 6) is 0.899. The number of rotatable bonds is 7. The number of aromatic nitrogens is 2. The van der Waals surface area contributed by atoms with E-state index in [-0.39, 0.29) is 5.54 Å². The maximum Gasteiger partial charge on any atom is 0.178 e. The third-order valence-corrected chi connectivity index (χ3v) is 4.88. The molecule has 1 heterocycles. The Bertz CT molecular complexity index is 644. The van der Waals surface area contributed by atoms with Crippen LogP contribution in [0.1, 0.15) is 53.4 Å². The molecule has 0 unspecified atom stereocenters. The van der Waals surface area contributed by atoms with Gasteiger partial charge in [-0.3, -0.25) is 0 Å². The second-order valence-corrected chi connectivity index (χ2v) is 5.94. The van der Waals surface area contributed by atoms with Gasteiger partial charge >= 0.3 is 0 Å². The molecule has 21 heavy (non-hydrogen) atoms. The van der Waals surface area contributed by atoms with Crippen LogP contribution in [0.3, 0.4) is 0 Å². The number of imidazole rings is 1. The van der Waals surface area contributed by atoms with E-state index in [2.05, 4.69) is 49.4 Å². The molecule has 1 aromatic carbocycles. The summed E-state index contributed by atoms with van der Waals surface area (Å²) in [5, 5.41) is 0. The number of aromatic amines is 1. The summed E-state index contributed by atoms with van der Waals surface area (Å²) in [6.45, 7) is 9.57. The van der Waals surface area contributed by atoms with Gasteiger partial charge in [-0.2, -0.15) is 0 Å². The molecular weight excluding hydrogens is 280 g/mol. The van der Waals surface area contributed by atoms with Crippen molar-refractivity contribution < 1.29 is 4.74 Å². The van der Waals surface area contributed by atoms with Gasteiger partial charge in [0, 0.05) is 5.54 Å². The first-order chi connectivity index (χ1) is 10.1. The lowest BCUT2D eigenvalue weighted by molar-refractivity contribution is 0.255. The number of ether oxygens (including phenoxy) is 1. The minimum atomic E-state index is 0.0821. The molecule has 116 valence electrons. The van der Waals surface area contributed by atoms with Gasteiger partial charge in [-0.1, -0.05) is 33.8 Å². The highest BCUT2D eigenvalue weighted by Crippen LogP contribution is 2.35. The van der Waals surface area contributed by atoms with Crippen molar-refractivity contribution in [3.63, 3.8) is 0 Å². The molecule has 0 aliphatic heterocycles. The number of para-hydroxylation sites is 1. The predicted molar refractivity (Wildman–Crippen MR) is 91.8 cm³/mol. The Morgan fingerprint density at radius 2 is 1.81 bits per heavy atom. The Hall–Kier alpha value is -1.29. The molecule has 2 aromatic rings. The molecule has 0 amide bonds. The van der Waals surface area contributed by atoms with Crippen molar-refractivity contribution in [2.75, 3.05) is 6.61 Å². The van der Waals surface area contributed by atoms with Crippen molar-refractivity contribution in [2.45, 2.75) is 58.9 Å². The fourth-order valence-electron chi connectivity index (χ4n) is 3.13. The molecule has 2 rings (SSSR count). The van der Waals surface area contributed by atoms with Gasteiger partial charge in [0.25, 0.3) is 0 Å². The van der Waals surface area contributed by atoms with E-state index in [4.69, 9.17) is 17.0 Å². The summed E-state index contributed by atoms with van der Waals surface area (Å²) in [7, 11) is 0. The summed E-state index contributed by atoms with van der Waals surface area (Å²) >= 11 is 5.62. The summed E-state index contributed by atoms with van der Waals surface area (Å²) < 4.78 is 8.96. The van der Waals surface area contributed by atoms with Crippen LogP contribution < -0.4 is 4.74 Å². The van der Waals surface area contributed by atoms with Gasteiger partial charge in [0.1, 0.15) is 11.3 Å². The Labute approximate surface area is 132 Å². The molecule has 3 nitrogen and oxygen atoms in total. The molecule has 0 aliphatic rings. The quantitative estimate of drug-likeness (QED) is 0.693. The highest BCUT2D eigenvalue weighted by Gasteiger charge is 2.29. The normalized spacial score (nSPS) is 12.0. The first-order valence-corrected chi connectivity index (χ1v) is 8.41. The van der Waals surface area contributed by atoms with Crippen molar-refractivity contribution in [3.05, 3.63) is 23.0 Å². The van der Waals surface area contributed by atoms with E-state index in [1.807, 2.05) is 6.07 Å². The number of hydrogen-bond acceptors (Lipinski definition) is 2. The summed E-state index contributed by atoms with van der Waals surface area (Å²) in [5.41, 5.74) is 2.26. The lowest BCUT2D eigenvalue weighted by Crippen LogP contribution is -2.31. The van der Waals surface area contributed by atoms with Gasteiger partial charge < -0.3 is 14.3 Å². The van der Waals surface area contributed by atoms with Crippen LogP contribution in [0.2, 0.25) is 0 Å². The number of nitrogens with zero attached hydrogens (tertiary/aromatic N) is 1. The molecule has 0 fully saturated rings. The van der Waals surface area contributed by atoms with Gasteiger partial charge in [0.05, 0.1) is 12.1 Å². The molecule has 0 radical (unpaired) electrons. The molecule has 0 bridgehead atoms. The Kier molecular flexibility index (Phi) is 5.09. The summed E-state index contributed by atoms with van der Waals surface area (Å²) in [6.07, 6.45) is 4.21. The maximum atomic E-state index is 5.86. The fourth-order valence-corrected chi connectivity index (χ4v) is 3.53. The second kappa shape index (κ2) is 6.65. The van der Waals surface area contributed by atoms with Crippen LogP contribution in [0.15, 0.2) is 18.2 Å². The van der Waals surface area contributed by atoms with Crippen molar-refractivity contribution in [3.8, 4) is 5.75 Å². The molecule has 0 spiro atoms. The zero-order valence-corrected chi connectivity index (χ0v) is 14.3. The number of H-pyrrole nitrogens is 1. The van der Waals surface area contributed by atoms with Crippen LogP contribution >= 0.6 is 12.2 Å². The Morgan fingerprint density at radius 1 is 1.14 bits per heavy atom. The largest absolute Gasteiger partial charge is 0.491 e. The summed E-state index contributed by atoms with van der Waals surface area (Å²) in [4.78, 5) is 3.37. The minimum absolute atomic E-state index is 0.0821. The molecule has 0 aliphatic carbocycles. The topological polar surface area (TPSA) is 29.9 Å². The summed E-state index contributed by atoms with van der Waals surface area (Å²) in [6, 6.07) is 6.20. The van der Waals surface area contributed by atoms with E-state index in [1.165, 1.54) is 0 Å². The Morgan fingerprint density at radius 3 is 2.38 bits per heavy atom. The average Bonchev–Trinajstić information content (AvgIpc) is 2.85. The van der Waals surface area contributed by atoms with Crippen molar-refractivity contribution in [1.82, 2.24) is 9.55 Å². The first-order valence-electron chi connectivity index (χ1n) is 8.00. The third kappa shape index (κ3) is 2.73. The molecule has 4 heteroatoms. The van der Waals surface area contributed by atoms with Gasteiger partial charge in [-0.05, 0) is 50.0 Å². The van der Waals surface area contributed by atoms with E-state index in [9.17, 15) is 0 Å². The van der Waals surface area contributed by atoms with Crippen LogP contribution in [0.25, 0.3) is 11.0 Å². The van der Waals surface area contributed by atoms with Crippen LogP contribution in [-0.4, -0.2) is 16.2 Å². The van der Waals surface area contributed by atoms with Gasteiger partial charge in [-0.15, -0.1) is 0 Å². The monoisotopic (exact) mass is 306 g/mol. The van der Waals surface area contributed by atoms with Crippen LogP contribution in [0.5, 0.6) is 5.75 Å². The van der Waals surface area contributed by atoms with E-state index in [0.717, 1.165) is 53.8 Å². The zero-order chi connectivity index (χ0) is 15.5. The molecule has 0 atom stereocenters.